The fourth-order valence-corrected chi connectivity index (χ4v) is 4.25. The highest BCUT2D eigenvalue weighted by Gasteiger charge is 2.46. The highest BCUT2D eigenvalue weighted by atomic mass is 19.1. The van der Waals surface area contributed by atoms with Crippen LogP contribution in [0.1, 0.15) is 24.9 Å². The predicted molar refractivity (Wildman–Crippen MR) is 103 cm³/mol. The summed E-state index contributed by atoms with van der Waals surface area (Å²) in [7, 11) is 0. The Morgan fingerprint density at radius 3 is 2.56 bits per heavy atom. The van der Waals surface area contributed by atoms with Gasteiger partial charge in [-0.3, -0.25) is 9.69 Å². The van der Waals surface area contributed by atoms with Crippen LogP contribution in [0.2, 0.25) is 0 Å². The normalized spacial score (nSPS) is 25.0. The fourth-order valence-electron chi connectivity index (χ4n) is 4.25. The molecular weight excluding hydrogens is 343 g/mol. The smallest absolute Gasteiger partial charge is 0.227 e. The van der Waals surface area contributed by atoms with Crippen molar-refractivity contribution in [3.63, 3.8) is 0 Å². The van der Waals surface area contributed by atoms with Gasteiger partial charge in [0.05, 0.1) is 13.2 Å². The van der Waals surface area contributed by atoms with Gasteiger partial charge in [-0.25, -0.2) is 4.39 Å². The van der Waals surface area contributed by atoms with Gasteiger partial charge in [-0.05, 0) is 36.8 Å². The third kappa shape index (κ3) is 3.75. The Hall–Kier alpha value is -2.24. The third-order valence-electron chi connectivity index (χ3n) is 5.76. The zero-order valence-electron chi connectivity index (χ0n) is 15.6. The van der Waals surface area contributed by atoms with Crippen molar-refractivity contribution in [1.29, 1.82) is 0 Å². The monoisotopic (exact) mass is 368 g/mol. The quantitative estimate of drug-likeness (QED) is 0.829. The fraction of sp³-hybridized carbons (Fsp3) is 0.409. The molecule has 0 N–H and O–H groups in total. The molecule has 4 rings (SSSR count). The number of halogens is 1. The van der Waals surface area contributed by atoms with E-state index in [2.05, 4.69) is 36.1 Å². The van der Waals surface area contributed by atoms with Crippen molar-refractivity contribution >= 4 is 11.6 Å². The average molecular weight is 368 g/mol. The van der Waals surface area contributed by atoms with E-state index in [4.69, 9.17) is 4.74 Å². The number of ether oxygens (including phenoxy) is 1. The van der Waals surface area contributed by atoms with E-state index >= 15 is 0 Å². The Morgan fingerprint density at radius 2 is 1.81 bits per heavy atom. The molecule has 2 atom stereocenters. The van der Waals surface area contributed by atoms with Crippen LogP contribution >= 0.6 is 0 Å². The van der Waals surface area contributed by atoms with Crippen molar-refractivity contribution in [3.8, 4) is 0 Å². The first-order valence-corrected chi connectivity index (χ1v) is 9.49. The van der Waals surface area contributed by atoms with Crippen molar-refractivity contribution in [2.75, 3.05) is 37.7 Å². The first kappa shape index (κ1) is 18.1. The van der Waals surface area contributed by atoms with Crippen LogP contribution in [0.5, 0.6) is 0 Å². The van der Waals surface area contributed by atoms with Gasteiger partial charge in [0.2, 0.25) is 5.91 Å². The van der Waals surface area contributed by atoms with E-state index in [9.17, 15) is 9.18 Å². The van der Waals surface area contributed by atoms with Gasteiger partial charge in [0.25, 0.3) is 0 Å². The first-order chi connectivity index (χ1) is 13.1. The number of carbonyl (C=O) groups is 1. The standard InChI is InChI=1S/C22H25FN2O2/c1-17(18-5-3-2-4-6-18)24-11-12-27-16-22(14-24)13-21(26)25(15-22)20-9-7-19(23)8-10-20/h2-10,17H,11-16H2,1H3/t17-,22+/m1/s1. The van der Waals surface area contributed by atoms with Crippen LogP contribution in [0.25, 0.3) is 0 Å². The second-order valence-electron chi connectivity index (χ2n) is 7.74. The summed E-state index contributed by atoms with van der Waals surface area (Å²) in [4.78, 5) is 16.9. The lowest BCUT2D eigenvalue weighted by Gasteiger charge is -2.35. The van der Waals surface area contributed by atoms with Crippen LogP contribution in [0.4, 0.5) is 10.1 Å². The maximum absolute atomic E-state index is 13.2. The molecule has 27 heavy (non-hydrogen) atoms. The highest BCUT2D eigenvalue weighted by Crippen LogP contribution is 2.38. The molecule has 2 fully saturated rings. The van der Waals surface area contributed by atoms with Gasteiger partial charge >= 0.3 is 0 Å². The number of nitrogens with zero attached hydrogens (tertiary/aromatic N) is 2. The van der Waals surface area contributed by atoms with E-state index in [0.29, 0.717) is 26.2 Å². The second-order valence-corrected chi connectivity index (χ2v) is 7.74. The highest BCUT2D eigenvalue weighted by molar-refractivity contribution is 5.96. The number of rotatable bonds is 3. The van der Waals surface area contributed by atoms with E-state index in [1.165, 1.54) is 17.7 Å². The SMILES string of the molecule is C[C@H](c1ccccc1)N1CCOC[C@@]2(CC(=O)N(c3ccc(F)cc3)C2)C1. The molecule has 0 radical (unpaired) electrons. The number of hydrogen-bond acceptors (Lipinski definition) is 3. The summed E-state index contributed by atoms with van der Waals surface area (Å²) in [6.45, 7) is 5.73. The summed E-state index contributed by atoms with van der Waals surface area (Å²) in [6, 6.07) is 16.9. The molecule has 0 aromatic heterocycles. The molecule has 4 nitrogen and oxygen atoms in total. The van der Waals surface area contributed by atoms with Gasteiger partial charge in [-0.1, -0.05) is 30.3 Å². The summed E-state index contributed by atoms with van der Waals surface area (Å²) in [5, 5.41) is 0. The molecule has 0 saturated carbocycles. The summed E-state index contributed by atoms with van der Waals surface area (Å²) < 4.78 is 19.2. The minimum Gasteiger partial charge on any atom is -0.379 e. The van der Waals surface area contributed by atoms with Gasteiger partial charge in [0.15, 0.2) is 0 Å². The molecule has 2 saturated heterocycles. The van der Waals surface area contributed by atoms with Crippen LogP contribution in [-0.2, 0) is 9.53 Å². The van der Waals surface area contributed by atoms with Crippen LogP contribution in [0, 0.1) is 11.2 Å². The first-order valence-electron chi connectivity index (χ1n) is 9.49. The number of benzene rings is 2. The predicted octanol–water partition coefficient (Wildman–Crippen LogP) is 3.64. The maximum atomic E-state index is 13.2. The molecular formula is C22H25FN2O2. The number of amides is 1. The maximum Gasteiger partial charge on any atom is 0.227 e. The number of hydrogen-bond donors (Lipinski definition) is 0. The Morgan fingerprint density at radius 1 is 1.07 bits per heavy atom. The zero-order valence-corrected chi connectivity index (χ0v) is 15.6. The van der Waals surface area contributed by atoms with E-state index in [-0.39, 0.29) is 23.2 Å². The molecule has 2 aromatic carbocycles. The molecule has 0 unspecified atom stereocenters. The van der Waals surface area contributed by atoms with E-state index < -0.39 is 0 Å². The lowest BCUT2D eigenvalue weighted by Crippen LogP contribution is -2.41. The van der Waals surface area contributed by atoms with Crippen LogP contribution in [0.3, 0.4) is 0 Å². The molecule has 0 aliphatic carbocycles. The minimum absolute atomic E-state index is 0.0828. The summed E-state index contributed by atoms with van der Waals surface area (Å²) >= 11 is 0. The molecule has 0 bridgehead atoms. The molecule has 2 heterocycles. The Balaban J connectivity index is 1.55. The molecule has 5 heteroatoms. The lowest BCUT2D eigenvalue weighted by molar-refractivity contribution is -0.118. The van der Waals surface area contributed by atoms with Gasteiger partial charge in [-0.15, -0.1) is 0 Å². The van der Waals surface area contributed by atoms with Crippen LogP contribution in [-0.4, -0.2) is 43.7 Å². The van der Waals surface area contributed by atoms with E-state index in [0.717, 1.165) is 18.8 Å². The van der Waals surface area contributed by atoms with E-state index in [1.54, 1.807) is 17.0 Å². The second kappa shape index (κ2) is 7.41. The van der Waals surface area contributed by atoms with Gasteiger partial charge in [0.1, 0.15) is 5.82 Å². The molecule has 2 aliphatic rings. The van der Waals surface area contributed by atoms with Gasteiger partial charge < -0.3 is 9.64 Å². The average Bonchev–Trinajstić information content (AvgIpc) is 2.87. The summed E-state index contributed by atoms with van der Waals surface area (Å²) in [5.74, 6) is -0.208. The van der Waals surface area contributed by atoms with E-state index in [1.807, 2.05) is 6.07 Å². The number of anilines is 1. The summed E-state index contributed by atoms with van der Waals surface area (Å²) in [6.07, 6.45) is 0.461. The van der Waals surface area contributed by atoms with Crippen molar-refractivity contribution in [3.05, 3.63) is 66.0 Å². The van der Waals surface area contributed by atoms with Crippen molar-refractivity contribution in [2.45, 2.75) is 19.4 Å². The Bertz CT molecular complexity index is 796. The van der Waals surface area contributed by atoms with Crippen molar-refractivity contribution < 1.29 is 13.9 Å². The largest absolute Gasteiger partial charge is 0.379 e. The van der Waals surface area contributed by atoms with Crippen molar-refractivity contribution in [1.82, 2.24) is 4.90 Å². The van der Waals surface area contributed by atoms with Crippen LogP contribution < -0.4 is 4.90 Å². The molecule has 2 aromatic rings. The van der Waals surface area contributed by atoms with Crippen LogP contribution in [0.15, 0.2) is 54.6 Å². The Labute approximate surface area is 159 Å². The topological polar surface area (TPSA) is 32.8 Å². The van der Waals surface area contributed by atoms with Crippen molar-refractivity contribution in [2.24, 2.45) is 5.41 Å². The molecule has 142 valence electrons. The summed E-state index contributed by atoms with van der Waals surface area (Å²) in [5.41, 5.74) is 1.80. The van der Waals surface area contributed by atoms with Gasteiger partial charge in [0, 0.05) is 43.2 Å². The molecule has 2 aliphatic heterocycles. The minimum atomic E-state index is -0.291. The molecule has 1 spiro atoms. The lowest BCUT2D eigenvalue weighted by atomic mass is 9.86. The Kier molecular flexibility index (Phi) is 4.98. The number of carbonyl (C=O) groups excluding carboxylic acids is 1. The third-order valence-corrected chi connectivity index (χ3v) is 5.76. The zero-order chi connectivity index (χ0) is 18.9. The van der Waals surface area contributed by atoms with Gasteiger partial charge in [-0.2, -0.15) is 0 Å². The molecule has 1 amide bonds.